The van der Waals surface area contributed by atoms with Crippen LogP contribution in [0.2, 0.25) is 0 Å². The minimum absolute atomic E-state index is 0.0272. The molecular formula is C20H26N2O2. The number of hydrogen-bond donors (Lipinski definition) is 1. The summed E-state index contributed by atoms with van der Waals surface area (Å²) in [5.41, 5.74) is 1.05. The van der Waals surface area contributed by atoms with E-state index < -0.39 is 0 Å². The third-order valence-corrected chi connectivity index (χ3v) is 3.45. The molecule has 0 heterocycles. The van der Waals surface area contributed by atoms with Gasteiger partial charge in [-0.15, -0.1) is 0 Å². The van der Waals surface area contributed by atoms with Gasteiger partial charge < -0.3 is 15.0 Å². The Bertz CT molecular complexity index is 641. The molecule has 0 bridgehead atoms. The number of carbonyl (C=O) groups excluding carboxylic acids is 1. The molecule has 2 rings (SSSR count). The Hall–Kier alpha value is -2.49. The first-order valence-electron chi connectivity index (χ1n) is 8.43. The Labute approximate surface area is 144 Å². The number of nitrogens with zero attached hydrogens (tertiary/aromatic N) is 1. The van der Waals surface area contributed by atoms with E-state index in [2.05, 4.69) is 19.2 Å². The highest BCUT2D eigenvalue weighted by Crippen LogP contribution is 2.22. The van der Waals surface area contributed by atoms with E-state index in [1.54, 1.807) is 0 Å². The van der Waals surface area contributed by atoms with Gasteiger partial charge >= 0.3 is 6.03 Å². The van der Waals surface area contributed by atoms with E-state index in [1.165, 1.54) is 0 Å². The van der Waals surface area contributed by atoms with Gasteiger partial charge in [0, 0.05) is 19.6 Å². The van der Waals surface area contributed by atoms with Crippen molar-refractivity contribution >= 4 is 6.03 Å². The highest BCUT2D eigenvalue weighted by molar-refractivity contribution is 5.74. The maximum atomic E-state index is 12.2. The summed E-state index contributed by atoms with van der Waals surface area (Å²) >= 11 is 0. The molecule has 4 heteroatoms. The van der Waals surface area contributed by atoms with Crippen LogP contribution in [-0.2, 0) is 6.54 Å². The molecule has 2 aromatic rings. The van der Waals surface area contributed by atoms with Crippen molar-refractivity contribution in [1.82, 2.24) is 10.2 Å². The van der Waals surface area contributed by atoms with Crippen molar-refractivity contribution in [3.63, 3.8) is 0 Å². The van der Waals surface area contributed by atoms with Crippen LogP contribution >= 0.6 is 0 Å². The van der Waals surface area contributed by atoms with Crippen LogP contribution in [0.25, 0.3) is 0 Å². The monoisotopic (exact) mass is 326 g/mol. The SMILES string of the molecule is CCNC(=O)N(Cc1cccc(Oc2ccccc2)c1)CC(C)C. The van der Waals surface area contributed by atoms with Crippen molar-refractivity contribution in [2.45, 2.75) is 27.3 Å². The topological polar surface area (TPSA) is 41.6 Å². The normalized spacial score (nSPS) is 10.5. The molecule has 128 valence electrons. The summed E-state index contributed by atoms with van der Waals surface area (Å²) in [6.45, 7) is 8.07. The molecule has 0 saturated carbocycles. The molecule has 1 N–H and O–H groups in total. The van der Waals surface area contributed by atoms with E-state index in [0.717, 1.165) is 23.6 Å². The third-order valence-electron chi connectivity index (χ3n) is 3.45. The van der Waals surface area contributed by atoms with Gasteiger partial charge in [-0.3, -0.25) is 0 Å². The maximum absolute atomic E-state index is 12.2. The Morgan fingerprint density at radius 3 is 2.46 bits per heavy atom. The summed E-state index contributed by atoms with van der Waals surface area (Å²) in [5, 5.41) is 2.88. The summed E-state index contributed by atoms with van der Waals surface area (Å²) in [6.07, 6.45) is 0. The maximum Gasteiger partial charge on any atom is 0.317 e. The Balaban J connectivity index is 2.09. The summed E-state index contributed by atoms with van der Waals surface area (Å²) in [5.74, 6) is 1.99. The van der Waals surface area contributed by atoms with Gasteiger partial charge in [-0.05, 0) is 42.7 Å². The molecule has 2 amide bonds. The number of rotatable bonds is 7. The molecule has 0 aliphatic heterocycles. The fraction of sp³-hybridized carbons (Fsp3) is 0.350. The molecule has 0 aromatic heterocycles. The van der Waals surface area contributed by atoms with Crippen LogP contribution in [0.3, 0.4) is 0 Å². The van der Waals surface area contributed by atoms with E-state index in [1.807, 2.05) is 66.4 Å². The molecule has 24 heavy (non-hydrogen) atoms. The van der Waals surface area contributed by atoms with Gasteiger partial charge in [0.15, 0.2) is 0 Å². The number of para-hydroxylation sites is 1. The zero-order valence-corrected chi connectivity index (χ0v) is 14.7. The lowest BCUT2D eigenvalue weighted by Gasteiger charge is -2.25. The van der Waals surface area contributed by atoms with E-state index in [4.69, 9.17) is 4.74 Å². The average Bonchev–Trinajstić information content (AvgIpc) is 2.55. The van der Waals surface area contributed by atoms with Crippen LogP contribution in [0, 0.1) is 5.92 Å². The Kier molecular flexibility index (Phi) is 6.67. The van der Waals surface area contributed by atoms with Crippen molar-refractivity contribution in [3.8, 4) is 11.5 Å². The second kappa shape index (κ2) is 8.96. The van der Waals surface area contributed by atoms with Crippen LogP contribution in [0.5, 0.6) is 11.5 Å². The molecule has 0 aliphatic rings. The van der Waals surface area contributed by atoms with Gasteiger partial charge in [0.2, 0.25) is 0 Å². The van der Waals surface area contributed by atoms with Crippen molar-refractivity contribution in [3.05, 3.63) is 60.2 Å². The first-order valence-corrected chi connectivity index (χ1v) is 8.43. The zero-order valence-electron chi connectivity index (χ0n) is 14.7. The standard InChI is InChI=1S/C20H26N2O2/c1-4-21-20(23)22(14-16(2)3)15-17-9-8-12-19(13-17)24-18-10-6-5-7-11-18/h5-13,16H,4,14-15H2,1-3H3,(H,21,23). The van der Waals surface area contributed by atoms with Gasteiger partial charge in [0.25, 0.3) is 0 Å². The molecule has 0 saturated heterocycles. The largest absolute Gasteiger partial charge is 0.457 e. The molecule has 0 fully saturated rings. The van der Waals surface area contributed by atoms with Gasteiger partial charge in [-0.1, -0.05) is 44.2 Å². The number of benzene rings is 2. The Morgan fingerprint density at radius 2 is 1.79 bits per heavy atom. The van der Waals surface area contributed by atoms with E-state index in [0.29, 0.717) is 19.0 Å². The summed E-state index contributed by atoms with van der Waals surface area (Å²) < 4.78 is 5.87. The molecule has 2 aromatic carbocycles. The van der Waals surface area contributed by atoms with Gasteiger partial charge in [-0.25, -0.2) is 4.79 Å². The fourth-order valence-electron chi connectivity index (χ4n) is 2.48. The molecule has 0 unspecified atom stereocenters. The second-order valence-corrected chi connectivity index (χ2v) is 6.17. The van der Waals surface area contributed by atoms with E-state index in [-0.39, 0.29) is 6.03 Å². The average molecular weight is 326 g/mol. The van der Waals surface area contributed by atoms with Crippen LogP contribution < -0.4 is 10.1 Å². The molecule has 0 atom stereocenters. The molecular weight excluding hydrogens is 300 g/mol. The molecule has 4 nitrogen and oxygen atoms in total. The summed E-state index contributed by atoms with van der Waals surface area (Å²) in [6, 6.07) is 17.5. The number of ether oxygens (including phenoxy) is 1. The smallest absolute Gasteiger partial charge is 0.317 e. The van der Waals surface area contributed by atoms with Crippen molar-refractivity contribution < 1.29 is 9.53 Å². The quantitative estimate of drug-likeness (QED) is 0.803. The van der Waals surface area contributed by atoms with E-state index >= 15 is 0 Å². The van der Waals surface area contributed by atoms with Crippen molar-refractivity contribution in [1.29, 1.82) is 0 Å². The number of urea groups is 1. The van der Waals surface area contributed by atoms with Gasteiger partial charge in [0.05, 0.1) is 0 Å². The Morgan fingerprint density at radius 1 is 1.08 bits per heavy atom. The molecule has 0 radical (unpaired) electrons. The lowest BCUT2D eigenvalue weighted by atomic mass is 10.1. The van der Waals surface area contributed by atoms with Crippen molar-refractivity contribution in [2.75, 3.05) is 13.1 Å². The predicted octanol–water partition coefficient (Wildman–Crippen LogP) is 4.67. The number of hydrogen-bond acceptors (Lipinski definition) is 2. The molecule has 0 spiro atoms. The first-order chi connectivity index (χ1) is 11.6. The zero-order chi connectivity index (χ0) is 17.4. The minimum atomic E-state index is -0.0272. The van der Waals surface area contributed by atoms with Crippen LogP contribution in [0.4, 0.5) is 4.79 Å². The van der Waals surface area contributed by atoms with Crippen LogP contribution in [0.15, 0.2) is 54.6 Å². The van der Waals surface area contributed by atoms with Crippen molar-refractivity contribution in [2.24, 2.45) is 5.92 Å². The predicted molar refractivity (Wildman–Crippen MR) is 97.3 cm³/mol. The first kappa shape index (κ1) is 17.9. The number of nitrogens with one attached hydrogen (secondary N) is 1. The molecule has 0 aliphatic carbocycles. The van der Waals surface area contributed by atoms with Gasteiger partial charge in [-0.2, -0.15) is 0 Å². The lowest BCUT2D eigenvalue weighted by molar-refractivity contribution is 0.188. The second-order valence-electron chi connectivity index (χ2n) is 6.17. The van der Waals surface area contributed by atoms with Crippen LogP contribution in [0.1, 0.15) is 26.3 Å². The fourth-order valence-corrected chi connectivity index (χ4v) is 2.48. The lowest BCUT2D eigenvalue weighted by Crippen LogP contribution is -2.41. The third kappa shape index (κ3) is 5.61. The highest BCUT2D eigenvalue weighted by Gasteiger charge is 2.14. The van der Waals surface area contributed by atoms with Gasteiger partial charge in [0.1, 0.15) is 11.5 Å². The number of carbonyl (C=O) groups is 1. The highest BCUT2D eigenvalue weighted by atomic mass is 16.5. The minimum Gasteiger partial charge on any atom is -0.457 e. The van der Waals surface area contributed by atoms with E-state index in [9.17, 15) is 4.79 Å². The number of amides is 2. The summed E-state index contributed by atoms with van der Waals surface area (Å²) in [4.78, 5) is 14.1. The summed E-state index contributed by atoms with van der Waals surface area (Å²) in [7, 11) is 0. The van der Waals surface area contributed by atoms with Crippen LogP contribution in [-0.4, -0.2) is 24.0 Å².